The maximum absolute atomic E-state index is 13.5. The molecule has 4 amide bonds. The van der Waals surface area contributed by atoms with Crippen molar-refractivity contribution in [2.75, 3.05) is 13.1 Å². The van der Waals surface area contributed by atoms with E-state index in [1.807, 2.05) is 19.6 Å². The van der Waals surface area contributed by atoms with E-state index in [4.69, 9.17) is 16.1 Å². The molecular weight excluding hydrogens is 449 g/mol. The van der Waals surface area contributed by atoms with Crippen LogP contribution in [0.1, 0.15) is 22.7 Å². The van der Waals surface area contributed by atoms with Crippen molar-refractivity contribution in [2.24, 2.45) is 5.92 Å². The van der Waals surface area contributed by atoms with Gasteiger partial charge in [-0.25, -0.2) is 9.40 Å². The molecule has 31 heavy (non-hydrogen) atoms. The largest absolute Gasteiger partial charge is 0.361 e. The molecule has 1 saturated heterocycles. The Bertz CT molecular complexity index is 844. The molecule has 0 radical (unpaired) electrons. The maximum atomic E-state index is 13.5. The molecule has 1 aromatic rings. The lowest BCUT2D eigenvalue weighted by Gasteiger charge is -2.29. The molecule has 13 heteroatoms. The minimum Gasteiger partial charge on any atom is -0.361 e. The molecule has 2 heterocycles. The van der Waals surface area contributed by atoms with E-state index in [0.717, 1.165) is 0 Å². The number of nitrogens with one attached hydrogen (secondary N) is 3. The minimum absolute atomic E-state index is 0.00557. The summed E-state index contributed by atoms with van der Waals surface area (Å²) >= 11 is 5.29. The number of nitrogens with zero attached hydrogens (tertiary/aromatic N) is 2. The Morgan fingerprint density at radius 1 is 1.42 bits per heavy atom. The molecular formula is C18H27ClFN5O5Si. The second-order valence-corrected chi connectivity index (χ2v) is 14.5. The maximum Gasteiger partial charge on any atom is 0.291 e. The molecule has 0 bridgehead atoms. The number of alkyl halides is 2. The Balaban J connectivity index is 2.17. The van der Waals surface area contributed by atoms with Crippen molar-refractivity contribution in [3.63, 3.8) is 0 Å². The summed E-state index contributed by atoms with van der Waals surface area (Å²) in [6.45, 7) is 7.81. The van der Waals surface area contributed by atoms with E-state index in [0.29, 0.717) is 29.8 Å². The van der Waals surface area contributed by atoms with Crippen molar-refractivity contribution in [2.45, 2.75) is 50.7 Å². The fourth-order valence-corrected chi connectivity index (χ4v) is 4.72. The first kappa shape index (κ1) is 24.8. The summed E-state index contributed by atoms with van der Waals surface area (Å²) < 4.78 is 18.4. The highest BCUT2D eigenvalue weighted by Crippen LogP contribution is 2.15. The van der Waals surface area contributed by atoms with Crippen LogP contribution in [0, 0.1) is 12.8 Å². The van der Waals surface area contributed by atoms with Gasteiger partial charge in [-0.05, 0) is 19.4 Å². The quantitative estimate of drug-likeness (QED) is 0.291. The molecule has 0 aliphatic carbocycles. The summed E-state index contributed by atoms with van der Waals surface area (Å²) in [5, 5.41) is 9.55. The minimum atomic E-state index is -2.40. The van der Waals surface area contributed by atoms with Crippen LogP contribution in [0.5, 0.6) is 0 Å². The van der Waals surface area contributed by atoms with E-state index in [-0.39, 0.29) is 18.1 Å². The number of carbonyl (C=O) groups excluding carboxylic acids is 4. The van der Waals surface area contributed by atoms with Crippen LogP contribution in [0.25, 0.3) is 0 Å². The van der Waals surface area contributed by atoms with Crippen LogP contribution in [-0.2, 0) is 14.4 Å². The number of amides is 4. The van der Waals surface area contributed by atoms with Gasteiger partial charge in [0.05, 0.1) is 12.5 Å². The number of hydrogen-bond acceptors (Lipinski definition) is 6. The monoisotopic (exact) mass is 475 g/mol. The van der Waals surface area contributed by atoms with Gasteiger partial charge in [0.2, 0.25) is 5.91 Å². The van der Waals surface area contributed by atoms with Gasteiger partial charge in [0.25, 0.3) is 23.4 Å². The van der Waals surface area contributed by atoms with Crippen LogP contribution in [0.4, 0.5) is 4.39 Å². The predicted octanol–water partition coefficient (Wildman–Crippen LogP) is 0.950. The van der Waals surface area contributed by atoms with Gasteiger partial charge in [0.15, 0.2) is 5.69 Å². The fourth-order valence-electron chi connectivity index (χ4n) is 3.09. The number of aryl methyl sites for hydroxylation is 1. The summed E-state index contributed by atoms with van der Waals surface area (Å²) in [4.78, 5) is 49.5. The van der Waals surface area contributed by atoms with Gasteiger partial charge in [0, 0.05) is 20.7 Å². The second kappa shape index (κ2) is 10.2. The molecule has 0 unspecified atom stereocenters. The van der Waals surface area contributed by atoms with E-state index in [1.54, 1.807) is 6.92 Å². The Hall–Kier alpha value is -2.47. The first-order valence-electron chi connectivity index (χ1n) is 9.79. The Labute approximate surface area is 185 Å². The molecule has 1 aromatic heterocycles. The standard InChI is InChI=1S/C18H27ClFN5O5Si/c1-10-7-12(24-30-10)16(27)22-13(9-31(2,3)4)17(28)23-25(18(29)14(19)20)8-11-5-6-21-15(11)26/h7,11,13-14H,5-6,8-9H2,1-4H3,(H,21,26)(H,22,27)(H,23,28)/t11-,13+,14-/m1/s1. The average molecular weight is 476 g/mol. The lowest BCUT2D eigenvalue weighted by molar-refractivity contribution is -0.145. The molecule has 2 rings (SSSR count). The van der Waals surface area contributed by atoms with Gasteiger partial charge in [-0.3, -0.25) is 24.6 Å². The molecule has 3 atom stereocenters. The summed E-state index contributed by atoms with van der Waals surface area (Å²) in [6, 6.07) is 0.749. The van der Waals surface area contributed by atoms with Crippen molar-refractivity contribution in [3.8, 4) is 0 Å². The topological polar surface area (TPSA) is 134 Å². The van der Waals surface area contributed by atoms with Crippen LogP contribution in [0.2, 0.25) is 25.7 Å². The van der Waals surface area contributed by atoms with Crippen molar-refractivity contribution in [1.29, 1.82) is 0 Å². The first-order valence-corrected chi connectivity index (χ1v) is 13.9. The van der Waals surface area contributed by atoms with Crippen LogP contribution in [0.15, 0.2) is 10.6 Å². The van der Waals surface area contributed by atoms with E-state index in [2.05, 4.69) is 21.2 Å². The van der Waals surface area contributed by atoms with Gasteiger partial charge >= 0.3 is 0 Å². The Kier molecular flexibility index (Phi) is 8.18. The van der Waals surface area contributed by atoms with Gasteiger partial charge in [0.1, 0.15) is 11.8 Å². The highest BCUT2D eigenvalue weighted by atomic mass is 35.5. The zero-order valence-corrected chi connectivity index (χ0v) is 19.6. The molecule has 172 valence electrons. The average Bonchev–Trinajstić information content (AvgIpc) is 3.27. The number of rotatable bonds is 8. The zero-order chi connectivity index (χ0) is 23.3. The normalized spacial score (nSPS) is 18.1. The van der Waals surface area contributed by atoms with Gasteiger partial charge in [-0.15, -0.1) is 0 Å². The van der Waals surface area contributed by atoms with Gasteiger partial charge in [-0.1, -0.05) is 36.4 Å². The third kappa shape index (κ3) is 7.31. The molecule has 1 fully saturated rings. The van der Waals surface area contributed by atoms with Crippen molar-refractivity contribution in [3.05, 3.63) is 17.5 Å². The van der Waals surface area contributed by atoms with Gasteiger partial charge < -0.3 is 15.2 Å². The molecule has 0 spiro atoms. The Morgan fingerprint density at radius 2 is 2.10 bits per heavy atom. The molecule has 1 aliphatic rings. The zero-order valence-electron chi connectivity index (χ0n) is 17.8. The smallest absolute Gasteiger partial charge is 0.291 e. The van der Waals surface area contributed by atoms with E-state index in [1.165, 1.54) is 6.07 Å². The highest BCUT2D eigenvalue weighted by Gasteiger charge is 2.35. The van der Waals surface area contributed by atoms with Gasteiger partial charge in [-0.2, -0.15) is 0 Å². The highest BCUT2D eigenvalue weighted by molar-refractivity contribution is 6.76. The van der Waals surface area contributed by atoms with Crippen LogP contribution >= 0.6 is 11.6 Å². The van der Waals surface area contributed by atoms with E-state index < -0.39 is 43.4 Å². The lowest BCUT2D eigenvalue weighted by Crippen LogP contribution is -2.57. The first-order chi connectivity index (χ1) is 14.4. The molecule has 0 saturated carbocycles. The van der Waals surface area contributed by atoms with Crippen LogP contribution < -0.4 is 16.1 Å². The van der Waals surface area contributed by atoms with Crippen LogP contribution in [0.3, 0.4) is 0 Å². The predicted molar refractivity (Wildman–Crippen MR) is 112 cm³/mol. The second-order valence-electron chi connectivity index (χ2n) is 8.62. The van der Waals surface area contributed by atoms with Crippen molar-refractivity contribution < 1.29 is 28.1 Å². The third-order valence-corrected chi connectivity index (χ3v) is 6.38. The number of carbonyl (C=O) groups is 4. The SMILES string of the molecule is Cc1cc(C(=O)N[C@@H](C[Si](C)(C)C)C(=O)NN(C[C@H]2CCNC2=O)C(=O)[C@@H](F)Cl)no1. The summed E-state index contributed by atoms with van der Waals surface area (Å²) in [6.07, 6.45) is 0.429. The van der Waals surface area contributed by atoms with Crippen LogP contribution in [-0.4, -0.2) is 66.6 Å². The number of hydrazine groups is 1. The number of hydrogen-bond donors (Lipinski definition) is 3. The molecule has 10 nitrogen and oxygen atoms in total. The van der Waals surface area contributed by atoms with Crippen molar-refractivity contribution >= 4 is 43.3 Å². The number of aromatic nitrogens is 1. The summed E-state index contributed by atoms with van der Waals surface area (Å²) in [7, 11) is -1.88. The molecule has 1 aliphatic heterocycles. The third-order valence-electron chi connectivity index (χ3n) is 4.56. The summed E-state index contributed by atoms with van der Waals surface area (Å²) in [5.41, 5.74) is -0.0555. The Morgan fingerprint density at radius 3 is 2.58 bits per heavy atom. The van der Waals surface area contributed by atoms with E-state index >= 15 is 0 Å². The fraction of sp³-hybridized carbons (Fsp3) is 0.611. The van der Waals surface area contributed by atoms with Crippen molar-refractivity contribution in [1.82, 2.24) is 26.2 Å². The number of halogens is 2. The molecule has 3 N–H and O–H groups in total. The summed E-state index contributed by atoms with van der Waals surface area (Å²) in [5.74, 6) is -3.02. The van der Waals surface area contributed by atoms with E-state index in [9.17, 15) is 23.6 Å². The molecule has 0 aromatic carbocycles. The lowest BCUT2D eigenvalue weighted by atomic mass is 10.1.